The van der Waals surface area contributed by atoms with Gasteiger partial charge in [-0.3, -0.25) is 0 Å². The van der Waals surface area contributed by atoms with Crippen LogP contribution in [0.1, 0.15) is 10.4 Å². The van der Waals surface area contributed by atoms with Crippen molar-refractivity contribution in [2.45, 2.75) is 6.36 Å². The number of rotatable bonds is 3. The maximum absolute atomic E-state index is 12.1. The van der Waals surface area contributed by atoms with Crippen LogP contribution in [0.3, 0.4) is 0 Å². The van der Waals surface area contributed by atoms with E-state index in [1.54, 1.807) is 0 Å². The monoisotopic (exact) mass is 271 g/mol. The standard InChI is InChI=1S/C12H8F3NO3/c13-12(14,15)19-8-3-1-2-7(4-8)9-5-16-6-10(9)11(17)18/h1-6,16H,(H,17,18). The Morgan fingerprint density at radius 1 is 1.26 bits per heavy atom. The second-order valence-electron chi connectivity index (χ2n) is 3.66. The number of benzene rings is 1. The fourth-order valence-electron chi connectivity index (χ4n) is 1.64. The summed E-state index contributed by atoms with van der Waals surface area (Å²) in [7, 11) is 0. The second kappa shape index (κ2) is 4.68. The van der Waals surface area contributed by atoms with E-state index >= 15 is 0 Å². The first-order chi connectivity index (χ1) is 8.87. The highest BCUT2D eigenvalue weighted by atomic mass is 19.4. The van der Waals surface area contributed by atoms with Crippen LogP contribution in [0.2, 0.25) is 0 Å². The van der Waals surface area contributed by atoms with Crippen LogP contribution in [0.25, 0.3) is 11.1 Å². The summed E-state index contributed by atoms with van der Waals surface area (Å²) in [6.45, 7) is 0. The summed E-state index contributed by atoms with van der Waals surface area (Å²) in [6.07, 6.45) is -2.13. The van der Waals surface area contributed by atoms with Gasteiger partial charge in [0.1, 0.15) is 5.75 Å². The van der Waals surface area contributed by atoms with Gasteiger partial charge in [-0.1, -0.05) is 12.1 Å². The number of aromatic nitrogens is 1. The summed E-state index contributed by atoms with van der Waals surface area (Å²) >= 11 is 0. The molecule has 1 heterocycles. The molecular weight excluding hydrogens is 263 g/mol. The molecule has 0 unspecified atom stereocenters. The molecule has 4 nitrogen and oxygen atoms in total. The van der Waals surface area contributed by atoms with Gasteiger partial charge in [-0.2, -0.15) is 0 Å². The molecule has 0 bridgehead atoms. The van der Waals surface area contributed by atoms with Crippen LogP contribution < -0.4 is 4.74 Å². The smallest absolute Gasteiger partial charge is 0.478 e. The quantitative estimate of drug-likeness (QED) is 0.900. The number of nitrogens with one attached hydrogen (secondary N) is 1. The molecule has 2 rings (SSSR count). The molecule has 0 radical (unpaired) electrons. The third-order valence-electron chi connectivity index (χ3n) is 2.35. The van der Waals surface area contributed by atoms with Crippen molar-refractivity contribution in [2.24, 2.45) is 0 Å². The minimum atomic E-state index is -4.79. The summed E-state index contributed by atoms with van der Waals surface area (Å²) in [5.74, 6) is -1.57. The van der Waals surface area contributed by atoms with Crippen LogP contribution in [-0.2, 0) is 0 Å². The summed E-state index contributed by atoms with van der Waals surface area (Å²) < 4.78 is 40.1. The Kier molecular flexibility index (Phi) is 3.20. The van der Waals surface area contributed by atoms with Crippen molar-refractivity contribution in [2.75, 3.05) is 0 Å². The van der Waals surface area contributed by atoms with E-state index in [9.17, 15) is 18.0 Å². The number of carboxylic acid groups (broad SMARTS) is 1. The maximum atomic E-state index is 12.1. The molecule has 0 fully saturated rings. The highest BCUT2D eigenvalue weighted by molar-refractivity contribution is 5.95. The van der Waals surface area contributed by atoms with E-state index in [1.807, 2.05) is 0 Å². The summed E-state index contributed by atoms with van der Waals surface area (Å²) in [4.78, 5) is 13.5. The number of alkyl halides is 3. The zero-order valence-electron chi connectivity index (χ0n) is 9.36. The summed E-state index contributed by atoms with van der Waals surface area (Å²) in [5.41, 5.74) is 0.588. The van der Waals surface area contributed by atoms with Gasteiger partial charge in [-0.05, 0) is 17.7 Å². The van der Waals surface area contributed by atoms with E-state index in [0.717, 1.165) is 12.1 Å². The van der Waals surface area contributed by atoms with E-state index < -0.39 is 18.1 Å². The Bertz CT molecular complexity index is 604. The molecule has 2 N–H and O–H groups in total. The van der Waals surface area contributed by atoms with Gasteiger partial charge in [0.05, 0.1) is 5.56 Å². The molecule has 0 saturated carbocycles. The van der Waals surface area contributed by atoms with Gasteiger partial charge in [0, 0.05) is 18.0 Å². The van der Waals surface area contributed by atoms with Crippen molar-refractivity contribution >= 4 is 5.97 Å². The number of hydrogen-bond acceptors (Lipinski definition) is 2. The molecule has 0 saturated heterocycles. The molecule has 0 aliphatic carbocycles. The summed E-state index contributed by atoms with van der Waals surface area (Å²) in [5, 5.41) is 8.94. The van der Waals surface area contributed by atoms with Gasteiger partial charge in [0.2, 0.25) is 0 Å². The lowest BCUT2D eigenvalue weighted by atomic mass is 10.0. The van der Waals surface area contributed by atoms with Crippen molar-refractivity contribution in [3.8, 4) is 16.9 Å². The van der Waals surface area contributed by atoms with E-state index in [2.05, 4.69) is 9.72 Å². The first-order valence-corrected chi connectivity index (χ1v) is 5.13. The number of hydrogen-bond donors (Lipinski definition) is 2. The van der Waals surface area contributed by atoms with E-state index in [-0.39, 0.29) is 5.56 Å². The average molecular weight is 271 g/mol. The van der Waals surface area contributed by atoms with Crippen LogP contribution in [-0.4, -0.2) is 22.4 Å². The van der Waals surface area contributed by atoms with E-state index in [4.69, 9.17) is 5.11 Å². The zero-order chi connectivity index (χ0) is 14.0. The predicted octanol–water partition coefficient (Wildman–Crippen LogP) is 3.28. The SMILES string of the molecule is O=C(O)c1c[nH]cc1-c1cccc(OC(F)(F)F)c1. The lowest BCUT2D eigenvalue weighted by Gasteiger charge is -2.09. The summed E-state index contributed by atoms with van der Waals surface area (Å²) in [6, 6.07) is 5.13. The highest BCUT2D eigenvalue weighted by Gasteiger charge is 2.31. The molecule has 100 valence electrons. The first kappa shape index (κ1) is 13.0. The molecule has 1 aromatic carbocycles. The van der Waals surface area contributed by atoms with Crippen LogP contribution in [0, 0.1) is 0 Å². The van der Waals surface area contributed by atoms with Crippen LogP contribution in [0.5, 0.6) is 5.75 Å². The minimum Gasteiger partial charge on any atom is -0.478 e. The van der Waals surface area contributed by atoms with Crippen molar-refractivity contribution < 1.29 is 27.8 Å². The molecule has 19 heavy (non-hydrogen) atoms. The van der Waals surface area contributed by atoms with Gasteiger partial charge in [0.25, 0.3) is 0 Å². The fourth-order valence-corrected chi connectivity index (χ4v) is 1.64. The molecule has 0 amide bonds. The average Bonchev–Trinajstić information content (AvgIpc) is 2.75. The highest BCUT2D eigenvalue weighted by Crippen LogP contribution is 2.29. The Hall–Kier alpha value is -2.44. The van der Waals surface area contributed by atoms with E-state index in [1.165, 1.54) is 24.5 Å². The maximum Gasteiger partial charge on any atom is 0.573 e. The second-order valence-corrected chi connectivity index (χ2v) is 3.66. The number of aromatic amines is 1. The van der Waals surface area contributed by atoms with Crippen LogP contribution in [0.4, 0.5) is 13.2 Å². The normalized spacial score (nSPS) is 11.3. The lowest BCUT2D eigenvalue weighted by molar-refractivity contribution is -0.274. The number of ether oxygens (including phenoxy) is 1. The predicted molar refractivity (Wildman–Crippen MR) is 59.9 cm³/mol. The first-order valence-electron chi connectivity index (χ1n) is 5.13. The van der Waals surface area contributed by atoms with Gasteiger partial charge < -0.3 is 14.8 Å². The lowest BCUT2D eigenvalue weighted by Crippen LogP contribution is -2.17. The van der Waals surface area contributed by atoms with Crippen molar-refractivity contribution in [3.05, 3.63) is 42.2 Å². The van der Waals surface area contributed by atoms with Crippen molar-refractivity contribution in [1.29, 1.82) is 0 Å². The molecular formula is C12H8F3NO3. The van der Waals surface area contributed by atoms with Gasteiger partial charge in [-0.25, -0.2) is 4.79 Å². The number of carboxylic acids is 1. The van der Waals surface area contributed by atoms with Gasteiger partial charge >= 0.3 is 12.3 Å². The minimum absolute atomic E-state index is 0.0239. The Balaban J connectivity index is 2.38. The van der Waals surface area contributed by atoms with Crippen LogP contribution >= 0.6 is 0 Å². The molecule has 0 aliphatic heterocycles. The van der Waals surface area contributed by atoms with Crippen molar-refractivity contribution in [1.82, 2.24) is 4.98 Å². The third kappa shape index (κ3) is 3.06. The molecule has 1 aromatic heterocycles. The Morgan fingerprint density at radius 3 is 2.63 bits per heavy atom. The Morgan fingerprint density at radius 2 is 2.00 bits per heavy atom. The Labute approximate surface area is 105 Å². The third-order valence-corrected chi connectivity index (χ3v) is 2.35. The zero-order valence-corrected chi connectivity index (χ0v) is 9.36. The fraction of sp³-hybridized carbons (Fsp3) is 0.0833. The van der Waals surface area contributed by atoms with Gasteiger partial charge in [0.15, 0.2) is 0 Å². The largest absolute Gasteiger partial charge is 0.573 e. The number of aromatic carboxylic acids is 1. The van der Waals surface area contributed by atoms with Crippen LogP contribution in [0.15, 0.2) is 36.7 Å². The van der Waals surface area contributed by atoms with Crippen molar-refractivity contribution in [3.63, 3.8) is 0 Å². The topological polar surface area (TPSA) is 62.3 Å². The number of halogens is 3. The molecule has 0 aliphatic rings. The molecule has 2 aromatic rings. The molecule has 0 spiro atoms. The molecule has 7 heteroatoms. The number of carbonyl (C=O) groups is 1. The molecule has 0 atom stereocenters. The van der Waals surface area contributed by atoms with Gasteiger partial charge in [-0.15, -0.1) is 13.2 Å². The van der Waals surface area contributed by atoms with E-state index in [0.29, 0.717) is 11.1 Å². The number of H-pyrrole nitrogens is 1.